The Balaban J connectivity index is 1.86. The smallest absolute Gasteiger partial charge is 0.261 e. The van der Waals surface area contributed by atoms with Crippen molar-refractivity contribution in [3.05, 3.63) is 23.8 Å². The normalized spacial score (nSPS) is 16.9. The number of amides is 1. The van der Waals surface area contributed by atoms with Crippen LogP contribution in [0.25, 0.3) is 0 Å². The topological polar surface area (TPSA) is 64.8 Å². The minimum absolute atomic E-state index is 0.0137. The van der Waals surface area contributed by atoms with Crippen LogP contribution in [-0.4, -0.2) is 44.7 Å². The Bertz CT molecular complexity index is 525. The third-order valence-corrected chi connectivity index (χ3v) is 5.03. The molecule has 1 atom stereocenters. The molecule has 25 heavy (non-hydrogen) atoms. The Morgan fingerprint density at radius 3 is 2.40 bits per heavy atom. The molecule has 0 spiro atoms. The molecule has 1 aliphatic heterocycles. The average Bonchev–Trinajstić information content (AvgIpc) is 3.12. The van der Waals surface area contributed by atoms with Crippen molar-refractivity contribution in [1.29, 1.82) is 0 Å². The summed E-state index contributed by atoms with van der Waals surface area (Å²) in [4.78, 5) is 14.9. The van der Waals surface area contributed by atoms with Crippen LogP contribution < -0.4 is 15.2 Å². The van der Waals surface area contributed by atoms with E-state index in [0.717, 1.165) is 32.5 Å². The van der Waals surface area contributed by atoms with E-state index in [-0.39, 0.29) is 5.91 Å². The quantitative estimate of drug-likeness (QED) is 0.658. The molecule has 1 fully saturated rings. The SMILES string of the molecule is COc1cccc(OC)c1C(=O)N1CCC(CCCCCCCN)C1. The molecule has 0 saturated carbocycles. The molecule has 2 rings (SSSR count). The van der Waals surface area contributed by atoms with E-state index >= 15 is 0 Å². The van der Waals surface area contributed by atoms with Crippen LogP contribution in [0.2, 0.25) is 0 Å². The first-order valence-electron chi connectivity index (χ1n) is 9.41. The lowest BCUT2D eigenvalue weighted by molar-refractivity contribution is 0.0779. The lowest BCUT2D eigenvalue weighted by Gasteiger charge is -2.20. The van der Waals surface area contributed by atoms with Crippen molar-refractivity contribution in [2.45, 2.75) is 44.9 Å². The second-order valence-corrected chi connectivity index (χ2v) is 6.79. The fourth-order valence-corrected chi connectivity index (χ4v) is 3.58. The molecule has 2 N–H and O–H groups in total. The van der Waals surface area contributed by atoms with Gasteiger partial charge in [0.2, 0.25) is 0 Å². The van der Waals surface area contributed by atoms with Crippen LogP contribution in [0.3, 0.4) is 0 Å². The molecular formula is C20H32N2O3. The van der Waals surface area contributed by atoms with Crippen molar-refractivity contribution < 1.29 is 14.3 Å². The maximum Gasteiger partial charge on any atom is 0.261 e. The van der Waals surface area contributed by atoms with Crippen molar-refractivity contribution in [3.8, 4) is 11.5 Å². The first kappa shape index (κ1) is 19.6. The number of carbonyl (C=O) groups is 1. The van der Waals surface area contributed by atoms with Crippen molar-refractivity contribution in [1.82, 2.24) is 4.90 Å². The highest BCUT2D eigenvalue weighted by Gasteiger charge is 2.30. The van der Waals surface area contributed by atoms with Gasteiger partial charge in [-0.15, -0.1) is 0 Å². The molecule has 1 aromatic rings. The Kier molecular flexibility index (Phi) is 8.06. The molecule has 1 heterocycles. The van der Waals surface area contributed by atoms with Crippen LogP contribution >= 0.6 is 0 Å². The van der Waals surface area contributed by atoms with Gasteiger partial charge in [0.15, 0.2) is 0 Å². The molecule has 1 saturated heterocycles. The number of nitrogens with zero attached hydrogens (tertiary/aromatic N) is 1. The summed E-state index contributed by atoms with van der Waals surface area (Å²) in [5.41, 5.74) is 6.06. The first-order chi connectivity index (χ1) is 12.2. The zero-order valence-corrected chi connectivity index (χ0v) is 15.6. The van der Waals surface area contributed by atoms with E-state index in [4.69, 9.17) is 15.2 Å². The van der Waals surface area contributed by atoms with Gasteiger partial charge in [-0.1, -0.05) is 31.7 Å². The highest BCUT2D eigenvalue weighted by Crippen LogP contribution is 2.32. The van der Waals surface area contributed by atoms with Crippen LogP contribution in [0.4, 0.5) is 0 Å². The highest BCUT2D eigenvalue weighted by atomic mass is 16.5. The fraction of sp³-hybridized carbons (Fsp3) is 0.650. The molecule has 0 aromatic heterocycles. The molecule has 1 unspecified atom stereocenters. The van der Waals surface area contributed by atoms with Crippen LogP contribution in [0.15, 0.2) is 18.2 Å². The fourth-order valence-electron chi connectivity index (χ4n) is 3.58. The van der Waals surface area contributed by atoms with Crippen molar-refractivity contribution in [2.75, 3.05) is 33.9 Å². The zero-order chi connectivity index (χ0) is 18.1. The number of methoxy groups -OCH3 is 2. The van der Waals surface area contributed by atoms with Crippen molar-refractivity contribution in [2.24, 2.45) is 11.7 Å². The van der Waals surface area contributed by atoms with Gasteiger partial charge in [-0.05, 0) is 43.9 Å². The molecule has 0 radical (unpaired) electrons. The number of benzene rings is 1. The largest absolute Gasteiger partial charge is 0.496 e. The Morgan fingerprint density at radius 1 is 1.12 bits per heavy atom. The van der Waals surface area contributed by atoms with Crippen LogP contribution in [0.1, 0.15) is 55.3 Å². The zero-order valence-electron chi connectivity index (χ0n) is 15.6. The molecule has 1 aromatic carbocycles. The van der Waals surface area contributed by atoms with Gasteiger partial charge in [0.1, 0.15) is 17.1 Å². The minimum Gasteiger partial charge on any atom is -0.496 e. The number of unbranched alkanes of at least 4 members (excludes halogenated alkanes) is 4. The van der Waals surface area contributed by atoms with E-state index < -0.39 is 0 Å². The van der Waals surface area contributed by atoms with E-state index in [1.807, 2.05) is 23.1 Å². The summed E-state index contributed by atoms with van der Waals surface area (Å²) in [5.74, 6) is 1.78. The number of ether oxygens (including phenoxy) is 2. The Hall–Kier alpha value is -1.75. The summed E-state index contributed by atoms with van der Waals surface area (Å²) in [6, 6.07) is 5.46. The average molecular weight is 348 g/mol. The van der Waals surface area contributed by atoms with E-state index in [0.29, 0.717) is 23.0 Å². The summed E-state index contributed by atoms with van der Waals surface area (Å²) in [6.45, 7) is 2.45. The number of nitrogens with two attached hydrogens (primary N) is 1. The summed E-state index contributed by atoms with van der Waals surface area (Å²) in [6.07, 6.45) is 8.44. The molecule has 1 aliphatic rings. The molecule has 0 aliphatic carbocycles. The lowest BCUT2D eigenvalue weighted by atomic mass is 10.00. The number of hydrogen-bond donors (Lipinski definition) is 1. The van der Waals surface area contributed by atoms with Gasteiger partial charge < -0.3 is 20.1 Å². The third-order valence-electron chi connectivity index (χ3n) is 5.03. The van der Waals surface area contributed by atoms with E-state index in [2.05, 4.69) is 0 Å². The van der Waals surface area contributed by atoms with E-state index in [1.165, 1.54) is 32.1 Å². The molecule has 0 bridgehead atoms. The maximum absolute atomic E-state index is 13.0. The Labute approximate surface area is 151 Å². The van der Waals surface area contributed by atoms with Gasteiger partial charge in [-0.25, -0.2) is 0 Å². The summed E-state index contributed by atoms with van der Waals surface area (Å²) < 4.78 is 10.7. The molecule has 5 heteroatoms. The second-order valence-electron chi connectivity index (χ2n) is 6.79. The predicted molar refractivity (Wildman–Crippen MR) is 100 cm³/mol. The monoisotopic (exact) mass is 348 g/mol. The van der Waals surface area contributed by atoms with Crippen molar-refractivity contribution >= 4 is 5.91 Å². The van der Waals surface area contributed by atoms with Crippen LogP contribution in [0, 0.1) is 5.92 Å². The van der Waals surface area contributed by atoms with Gasteiger partial charge in [0, 0.05) is 13.1 Å². The maximum atomic E-state index is 13.0. The summed E-state index contributed by atoms with van der Waals surface area (Å²) in [7, 11) is 3.17. The molecule has 1 amide bonds. The van der Waals surface area contributed by atoms with Gasteiger partial charge >= 0.3 is 0 Å². The lowest BCUT2D eigenvalue weighted by Crippen LogP contribution is -2.29. The Morgan fingerprint density at radius 2 is 1.76 bits per heavy atom. The van der Waals surface area contributed by atoms with E-state index in [9.17, 15) is 4.79 Å². The van der Waals surface area contributed by atoms with Crippen molar-refractivity contribution in [3.63, 3.8) is 0 Å². The molecule has 140 valence electrons. The number of likely N-dealkylation sites (tertiary alicyclic amines) is 1. The predicted octanol–water partition coefficient (Wildman–Crippen LogP) is 3.47. The summed E-state index contributed by atoms with van der Waals surface area (Å²) >= 11 is 0. The van der Waals surface area contributed by atoms with Gasteiger partial charge in [-0.2, -0.15) is 0 Å². The minimum atomic E-state index is 0.0137. The number of hydrogen-bond acceptors (Lipinski definition) is 4. The van der Waals surface area contributed by atoms with Crippen LogP contribution in [0.5, 0.6) is 11.5 Å². The third kappa shape index (κ3) is 5.36. The van der Waals surface area contributed by atoms with E-state index in [1.54, 1.807) is 14.2 Å². The second kappa shape index (κ2) is 10.3. The van der Waals surface area contributed by atoms with Gasteiger partial charge in [0.05, 0.1) is 14.2 Å². The van der Waals surface area contributed by atoms with Gasteiger partial charge in [-0.3, -0.25) is 4.79 Å². The van der Waals surface area contributed by atoms with Crippen LogP contribution in [-0.2, 0) is 0 Å². The summed E-state index contributed by atoms with van der Waals surface area (Å²) in [5, 5.41) is 0. The molecule has 5 nitrogen and oxygen atoms in total. The first-order valence-corrected chi connectivity index (χ1v) is 9.41. The highest BCUT2D eigenvalue weighted by molar-refractivity contribution is 5.99. The van der Waals surface area contributed by atoms with Gasteiger partial charge in [0.25, 0.3) is 5.91 Å². The standard InChI is InChI=1S/C20H32N2O3/c1-24-17-10-8-11-18(25-2)19(17)20(23)22-14-12-16(15-22)9-6-4-3-5-7-13-21/h8,10-11,16H,3-7,9,12-15,21H2,1-2H3. The number of carbonyl (C=O) groups excluding carboxylic acids is 1. The molecular weight excluding hydrogens is 316 g/mol. The number of rotatable bonds is 10.